The average Bonchev–Trinajstić information content (AvgIpc) is 3.10. The molecule has 0 N–H and O–H groups in total. The third-order valence-corrected chi connectivity index (χ3v) is 6.23. The van der Waals surface area contributed by atoms with Gasteiger partial charge in [-0.05, 0) is 62.8 Å². The molecule has 1 heterocycles. The van der Waals surface area contributed by atoms with E-state index in [1.54, 1.807) is 28.0 Å². The molecule has 2 aromatic carbocycles. The molecule has 0 aliphatic carbocycles. The molecule has 0 aliphatic rings. The SMILES string of the molecule is CSc1ccc2nc(N(CCN(C)C)C(=O)c3ccc(N(C)C)cc3)sc2c1.Cl. The quantitative estimate of drug-likeness (QED) is 0.487. The summed E-state index contributed by atoms with van der Waals surface area (Å²) in [5, 5.41) is 0.747. The number of nitrogens with zero attached hydrogens (tertiary/aromatic N) is 4. The summed E-state index contributed by atoms with van der Waals surface area (Å²) in [4.78, 5) is 25.1. The second-order valence-corrected chi connectivity index (χ2v) is 8.92. The minimum Gasteiger partial charge on any atom is -0.378 e. The van der Waals surface area contributed by atoms with Gasteiger partial charge in [0.2, 0.25) is 0 Å². The second kappa shape index (κ2) is 10.3. The fourth-order valence-electron chi connectivity index (χ4n) is 2.78. The molecule has 5 nitrogen and oxygen atoms in total. The van der Waals surface area contributed by atoms with Crippen LogP contribution >= 0.6 is 35.5 Å². The van der Waals surface area contributed by atoms with Crippen LogP contribution in [0.1, 0.15) is 10.4 Å². The monoisotopic (exact) mass is 450 g/mol. The number of anilines is 2. The van der Waals surface area contributed by atoms with Crippen molar-refractivity contribution in [1.82, 2.24) is 9.88 Å². The molecule has 1 aromatic heterocycles. The predicted molar refractivity (Wildman–Crippen MR) is 130 cm³/mol. The smallest absolute Gasteiger partial charge is 0.260 e. The van der Waals surface area contributed by atoms with E-state index in [4.69, 9.17) is 4.98 Å². The lowest BCUT2D eigenvalue weighted by Gasteiger charge is -2.22. The highest BCUT2D eigenvalue weighted by Gasteiger charge is 2.21. The average molecular weight is 451 g/mol. The van der Waals surface area contributed by atoms with E-state index < -0.39 is 0 Å². The first kappa shape index (κ1) is 23.5. The summed E-state index contributed by atoms with van der Waals surface area (Å²) in [6, 6.07) is 14.0. The van der Waals surface area contributed by atoms with Crippen molar-refractivity contribution in [2.75, 3.05) is 57.3 Å². The predicted octanol–water partition coefficient (Wildman–Crippen LogP) is 4.71. The molecule has 3 aromatic rings. The van der Waals surface area contributed by atoms with Crippen LogP contribution in [0.4, 0.5) is 10.8 Å². The van der Waals surface area contributed by atoms with E-state index in [-0.39, 0.29) is 18.3 Å². The number of benzene rings is 2. The van der Waals surface area contributed by atoms with Crippen LogP contribution in [0.3, 0.4) is 0 Å². The van der Waals surface area contributed by atoms with Gasteiger partial charge in [-0.3, -0.25) is 9.69 Å². The van der Waals surface area contributed by atoms with Crippen molar-refractivity contribution in [2.45, 2.75) is 4.90 Å². The molecule has 0 unspecified atom stereocenters. The molecule has 156 valence electrons. The van der Waals surface area contributed by atoms with Gasteiger partial charge in [-0.1, -0.05) is 11.3 Å². The Morgan fingerprint density at radius 3 is 2.31 bits per heavy atom. The van der Waals surface area contributed by atoms with Gasteiger partial charge in [0, 0.05) is 43.3 Å². The lowest BCUT2D eigenvalue weighted by Crippen LogP contribution is -2.36. The minimum absolute atomic E-state index is 0. The lowest BCUT2D eigenvalue weighted by atomic mass is 10.1. The highest BCUT2D eigenvalue weighted by Crippen LogP contribution is 2.32. The number of halogens is 1. The molecule has 29 heavy (non-hydrogen) atoms. The van der Waals surface area contributed by atoms with Gasteiger partial charge in [-0.2, -0.15) is 0 Å². The first-order valence-corrected chi connectivity index (χ1v) is 11.1. The Balaban J connectivity index is 0.00000300. The number of fused-ring (bicyclic) bond motifs is 1. The van der Waals surface area contributed by atoms with Gasteiger partial charge in [-0.15, -0.1) is 24.2 Å². The first-order chi connectivity index (χ1) is 13.4. The number of likely N-dealkylation sites (N-methyl/N-ethyl adjacent to an activating group) is 1. The minimum atomic E-state index is -0.0173. The van der Waals surface area contributed by atoms with Crippen molar-refractivity contribution in [2.24, 2.45) is 0 Å². The van der Waals surface area contributed by atoms with Crippen LogP contribution < -0.4 is 9.80 Å². The van der Waals surface area contributed by atoms with Gasteiger partial charge in [-0.25, -0.2) is 4.98 Å². The van der Waals surface area contributed by atoms with Gasteiger partial charge >= 0.3 is 0 Å². The van der Waals surface area contributed by atoms with Gasteiger partial charge in [0.15, 0.2) is 5.13 Å². The Bertz CT molecular complexity index is 957. The van der Waals surface area contributed by atoms with Gasteiger partial charge in [0.25, 0.3) is 5.91 Å². The van der Waals surface area contributed by atoms with Crippen LogP contribution in [0.5, 0.6) is 0 Å². The molecule has 0 bridgehead atoms. The van der Waals surface area contributed by atoms with E-state index in [1.165, 1.54) is 4.90 Å². The standard InChI is InChI=1S/C21H26N4OS2.ClH/c1-23(2)12-13-25(20(26)15-6-8-16(9-7-15)24(3)4)21-22-18-11-10-17(27-5)14-19(18)28-21;/h6-11,14H,12-13H2,1-5H3;1H. The lowest BCUT2D eigenvalue weighted by molar-refractivity contribution is 0.0985. The van der Waals surface area contributed by atoms with E-state index in [0.29, 0.717) is 12.1 Å². The number of aromatic nitrogens is 1. The fraction of sp³-hybridized carbons (Fsp3) is 0.333. The van der Waals surface area contributed by atoms with Crippen LogP contribution in [-0.2, 0) is 0 Å². The first-order valence-electron chi connectivity index (χ1n) is 9.07. The molecule has 0 spiro atoms. The second-order valence-electron chi connectivity index (χ2n) is 7.03. The maximum Gasteiger partial charge on any atom is 0.260 e. The molecule has 8 heteroatoms. The zero-order chi connectivity index (χ0) is 20.3. The Morgan fingerprint density at radius 1 is 1.03 bits per heavy atom. The number of carbonyl (C=O) groups is 1. The Labute approximate surface area is 187 Å². The Morgan fingerprint density at radius 2 is 1.72 bits per heavy atom. The topological polar surface area (TPSA) is 39.7 Å². The third kappa shape index (κ3) is 5.63. The van der Waals surface area contributed by atoms with E-state index in [1.807, 2.05) is 63.4 Å². The van der Waals surface area contributed by atoms with Crippen molar-refractivity contribution in [1.29, 1.82) is 0 Å². The summed E-state index contributed by atoms with van der Waals surface area (Å²) in [6.45, 7) is 1.37. The van der Waals surface area contributed by atoms with Gasteiger partial charge in [0.05, 0.1) is 10.2 Å². The van der Waals surface area contributed by atoms with Crippen LogP contribution in [-0.4, -0.2) is 63.3 Å². The highest BCUT2D eigenvalue weighted by molar-refractivity contribution is 7.98. The molecular weight excluding hydrogens is 424 g/mol. The zero-order valence-corrected chi connectivity index (χ0v) is 19.8. The number of thiazole rings is 1. The van der Waals surface area contributed by atoms with Crippen molar-refractivity contribution >= 4 is 62.4 Å². The van der Waals surface area contributed by atoms with Gasteiger partial charge < -0.3 is 9.80 Å². The van der Waals surface area contributed by atoms with Crippen molar-refractivity contribution in [3.63, 3.8) is 0 Å². The highest BCUT2D eigenvalue weighted by atomic mass is 35.5. The normalized spacial score (nSPS) is 10.8. The fourth-order valence-corrected chi connectivity index (χ4v) is 4.32. The molecule has 1 amide bonds. The summed E-state index contributed by atoms with van der Waals surface area (Å²) in [5.41, 5.74) is 2.68. The van der Waals surface area contributed by atoms with Crippen molar-refractivity contribution < 1.29 is 4.79 Å². The molecule has 0 aliphatic heterocycles. The number of rotatable bonds is 7. The summed E-state index contributed by atoms with van der Waals surface area (Å²) in [7, 11) is 8.00. The number of hydrogen-bond donors (Lipinski definition) is 0. The van der Waals surface area contributed by atoms with E-state index in [2.05, 4.69) is 23.3 Å². The van der Waals surface area contributed by atoms with E-state index in [0.717, 1.165) is 27.6 Å². The maximum absolute atomic E-state index is 13.3. The number of thioether (sulfide) groups is 1. The van der Waals surface area contributed by atoms with Crippen LogP contribution in [0.2, 0.25) is 0 Å². The molecular formula is C21H27ClN4OS2. The molecule has 3 rings (SSSR count). The van der Waals surface area contributed by atoms with Crippen LogP contribution in [0, 0.1) is 0 Å². The maximum atomic E-state index is 13.3. The largest absolute Gasteiger partial charge is 0.378 e. The number of amides is 1. The summed E-state index contributed by atoms with van der Waals surface area (Å²) in [5.74, 6) is -0.0173. The third-order valence-electron chi connectivity index (χ3n) is 4.46. The number of carbonyl (C=O) groups excluding carboxylic acids is 1. The van der Waals surface area contributed by atoms with Crippen molar-refractivity contribution in [3.05, 3.63) is 48.0 Å². The Hall–Kier alpha value is -1.80. The molecule has 0 fully saturated rings. The molecule has 0 saturated heterocycles. The summed E-state index contributed by atoms with van der Waals surface area (Å²) in [6.07, 6.45) is 2.06. The van der Waals surface area contributed by atoms with Gasteiger partial charge in [0.1, 0.15) is 0 Å². The summed E-state index contributed by atoms with van der Waals surface area (Å²) >= 11 is 3.28. The van der Waals surface area contributed by atoms with E-state index >= 15 is 0 Å². The molecule has 0 radical (unpaired) electrons. The molecule has 0 atom stereocenters. The van der Waals surface area contributed by atoms with E-state index in [9.17, 15) is 4.79 Å². The van der Waals surface area contributed by atoms with Crippen LogP contribution in [0.15, 0.2) is 47.4 Å². The van der Waals surface area contributed by atoms with Crippen molar-refractivity contribution in [3.8, 4) is 0 Å². The molecule has 0 saturated carbocycles. The zero-order valence-electron chi connectivity index (χ0n) is 17.4. The van der Waals surface area contributed by atoms with Crippen LogP contribution in [0.25, 0.3) is 10.2 Å². The Kier molecular flexibility index (Phi) is 8.34. The summed E-state index contributed by atoms with van der Waals surface area (Å²) < 4.78 is 1.10. The number of hydrogen-bond acceptors (Lipinski definition) is 6.